The number of guanidine groups is 1. The number of nitrogens with one attached hydrogen (secondary N) is 1. The third-order valence-corrected chi connectivity index (χ3v) is 6.11. The molecule has 0 bridgehead atoms. The lowest BCUT2D eigenvalue weighted by Gasteiger charge is -2.38. The van der Waals surface area contributed by atoms with Crippen LogP contribution in [-0.4, -0.2) is 92.7 Å². The van der Waals surface area contributed by atoms with Crippen LogP contribution in [0.15, 0.2) is 29.3 Å². The molecule has 0 aromatic heterocycles. The summed E-state index contributed by atoms with van der Waals surface area (Å²) in [5, 5.41) is 3.53. The molecule has 0 spiro atoms. The van der Waals surface area contributed by atoms with Crippen LogP contribution >= 0.6 is 24.0 Å². The number of benzene rings is 1. The third kappa shape index (κ3) is 8.14. The van der Waals surface area contributed by atoms with Gasteiger partial charge in [0.25, 0.3) is 0 Å². The van der Waals surface area contributed by atoms with E-state index in [-0.39, 0.29) is 42.0 Å². The maximum atomic E-state index is 13.3. The van der Waals surface area contributed by atoms with E-state index in [1.165, 1.54) is 57.8 Å². The summed E-state index contributed by atoms with van der Waals surface area (Å²) in [5.74, 6) is 0.706. The lowest BCUT2D eigenvalue weighted by atomic mass is 10.1. The first kappa shape index (κ1) is 26.3. The molecule has 1 aromatic rings. The highest BCUT2D eigenvalue weighted by atomic mass is 127. The largest absolute Gasteiger partial charge is 0.367 e. The zero-order valence-corrected chi connectivity index (χ0v) is 21.6. The predicted octanol–water partition coefficient (Wildman–Crippen LogP) is 3.20. The first-order valence-electron chi connectivity index (χ1n) is 11.4. The van der Waals surface area contributed by atoms with Gasteiger partial charge in [0.05, 0.1) is 12.6 Å². The molecular weight excluding hydrogens is 508 g/mol. The number of hydrogen-bond donors (Lipinski definition) is 1. The van der Waals surface area contributed by atoms with E-state index in [0.29, 0.717) is 0 Å². The molecule has 0 aliphatic carbocycles. The molecule has 2 heterocycles. The fraction of sp³-hybridized carbons (Fsp3) is 0.696. The first-order valence-corrected chi connectivity index (χ1v) is 11.4. The van der Waals surface area contributed by atoms with Crippen molar-refractivity contribution in [2.24, 2.45) is 4.99 Å². The highest BCUT2D eigenvalue weighted by Gasteiger charge is 2.28. The number of morpholine rings is 1. The highest BCUT2D eigenvalue weighted by Crippen LogP contribution is 2.25. The molecule has 0 saturated carbocycles. The maximum Gasteiger partial charge on any atom is 0.193 e. The highest BCUT2D eigenvalue weighted by molar-refractivity contribution is 14.0. The van der Waals surface area contributed by atoms with E-state index in [4.69, 9.17) is 4.74 Å². The molecule has 0 amide bonds. The number of rotatable bonds is 7. The van der Waals surface area contributed by atoms with Crippen LogP contribution in [0.3, 0.4) is 0 Å². The van der Waals surface area contributed by atoms with Gasteiger partial charge >= 0.3 is 0 Å². The van der Waals surface area contributed by atoms with Crippen molar-refractivity contribution in [1.29, 1.82) is 0 Å². The molecule has 2 aliphatic heterocycles. The number of unbranched alkanes of at least 4 members (excludes halogenated alkanes) is 1. The standard InChI is InChI=1S/C23H38FN5O.HI/c1-4-27-13-15-28(16-14-27)12-6-5-11-26-23(25-3)29-17-19(2)30-22(18-29)20-7-9-21(24)10-8-20;/h7-10,19,22H,4-6,11-18H2,1-3H3,(H,25,26);1H. The number of aliphatic imine (C=N–C) groups is 1. The first-order chi connectivity index (χ1) is 14.6. The number of hydrogen-bond acceptors (Lipinski definition) is 4. The Labute approximate surface area is 204 Å². The van der Waals surface area contributed by atoms with Gasteiger partial charge in [-0.1, -0.05) is 19.1 Å². The molecule has 3 rings (SSSR count). The van der Waals surface area contributed by atoms with Crippen molar-refractivity contribution in [3.63, 3.8) is 0 Å². The van der Waals surface area contributed by atoms with E-state index in [9.17, 15) is 4.39 Å². The van der Waals surface area contributed by atoms with E-state index in [0.717, 1.165) is 37.6 Å². The third-order valence-electron chi connectivity index (χ3n) is 6.11. The fourth-order valence-electron chi connectivity index (χ4n) is 4.31. The SMILES string of the molecule is CCN1CCN(CCCCNC(=NC)N2CC(C)OC(c3ccc(F)cc3)C2)CC1.I. The number of halogens is 2. The van der Waals surface area contributed by atoms with Crippen LogP contribution in [0, 0.1) is 5.82 Å². The summed E-state index contributed by atoms with van der Waals surface area (Å²) < 4.78 is 19.4. The smallest absolute Gasteiger partial charge is 0.193 e. The predicted molar refractivity (Wildman–Crippen MR) is 136 cm³/mol. The van der Waals surface area contributed by atoms with Crippen molar-refractivity contribution < 1.29 is 9.13 Å². The summed E-state index contributed by atoms with van der Waals surface area (Å²) in [5.41, 5.74) is 1.01. The summed E-state index contributed by atoms with van der Waals surface area (Å²) in [7, 11) is 1.84. The molecule has 176 valence electrons. The van der Waals surface area contributed by atoms with Gasteiger partial charge in [0.1, 0.15) is 11.9 Å². The van der Waals surface area contributed by atoms with Crippen LogP contribution in [0.4, 0.5) is 4.39 Å². The van der Waals surface area contributed by atoms with Crippen LogP contribution in [0.25, 0.3) is 0 Å². The average molecular weight is 548 g/mol. The Morgan fingerprint density at radius 2 is 1.77 bits per heavy atom. The molecule has 2 fully saturated rings. The van der Waals surface area contributed by atoms with Crippen molar-refractivity contribution >= 4 is 29.9 Å². The minimum atomic E-state index is -0.218. The van der Waals surface area contributed by atoms with E-state index in [1.807, 2.05) is 19.2 Å². The van der Waals surface area contributed by atoms with Gasteiger partial charge in [-0.3, -0.25) is 4.99 Å². The van der Waals surface area contributed by atoms with Gasteiger partial charge in [0.2, 0.25) is 0 Å². The fourth-order valence-corrected chi connectivity index (χ4v) is 4.31. The lowest BCUT2D eigenvalue weighted by molar-refractivity contribution is -0.0605. The number of ether oxygens (including phenoxy) is 1. The second kappa shape index (κ2) is 13.5. The second-order valence-electron chi connectivity index (χ2n) is 8.35. The topological polar surface area (TPSA) is 43.3 Å². The average Bonchev–Trinajstić information content (AvgIpc) is 2.76. The Morgan fingerprint density at radius 3 is 2.42 bits per heavy atom. The van der Waals surface area contributed by atoms with Gasteiger partial charge < -0.3 is 24.8 Å². The quantitative estimate of drug-likeness (QED) is 0.246. The van der Waals surface area contributed by atoms with E-state index < -0.39 is 0 Å². The zero-order valence-electron chi connectivity index (χ0n) is 19.2. The Balaban J connectivity index is 0.00000341. The molecule has 2 unspecified atom stereocenters. The Kier molecular flexibility index (Phi) is 11.5. The molecule has 1 N–H and O–H groups in total. The van der Waals surface area contributed by atoms with Gasteiger partial charge in [0.15, 0.2) is 5.96 Å². The normalized spacial score (nSPS) is 23.5. The van der Waals surface area contributed by atoms with E-state index >= 15 is 0 Å². The second-order valence-corrected chi connectivity index (χ2v) is 8.35. The lowest BCUT2D eigenvalue weighted by Crippen LogP contribution is -2.51. The minimum absolute atomic E-state index is 0. The number of piperazine rings is 1. The van der Waals surface area contributed by atoms with Gasteiger partial charge in [0, 0.05) is 46.3 Å². The number of nitrogens with zero attached hydrogens (tertiary/aromatic N) is 4. The Hall–Kier alpha value is -0.970. The van der Waals surface area contributed by atoms with Crippen molar-refractivity contribution in [1.82, 2.24) is 20.0 Å². The van der Waals surface area contributed by atoms with Crippen molar-refractivity contribution in [3.05, 3.63) is 35.6 Å². The molecule has 8 heteroatoms. The van der Waals surface area contributed by atoms with Crippen molar-refractivity contribution in [3.8, 4) is 0 Å². The summed E-state index contributed by atoms with van der Waals surface area (Å²) in [6.45, 7) is 13.9. The monoisotopic (exact) mass is 547 g/mol. The molecule has 0 radical (unpaired) electrons. The Morgan fingerprint density at radius 1 is 1.10 bits per heavy atom. The van der Waals surface area contributed by atoms with Crippen LogP contribution in [0.2, 0.25) is 0 Å². The molecule has 31 heavy (non-hydrogen) atoms. The van der Waals surface area contributed by atoms with Gasteiger partial charge in [-0.15, -0.1) is 24.0 Å². The summed E-state index contributed by atoms with van der Waals surface area (Å²) in [4.78, 5) is 11.8. The molecule has 2 saturated heterocycles. The number of likely N-dealkylation sites (N-methyl/N-ethyl adjacent to an activating group) is 1. The molecular formula is C23H39FIN5O. The minimum Gasteiger partial charge on any atom is -0.367 e. The van der Waals surface area contributed by atoms with Gasteiger partial charge in [-0.05, 0) is 50.6 Å². The summed E-state index contributed by atoms with van der Waals surface area (Å²) in [6, 6.07) is 6.62. The van der Waals surface area contributed by atoms with Crippen LogP contribution < -0.4 is 5.32 Å². The van der Waals surface area contributed by atoms with E-state index in [2.05, 4.69) is 38.9 Å². The van der Waals surface area contributed by atoms with Gasteiger partial charge in [-0.25, -0.2) is 4.39 Å². The van der Waals surface area contributed by atoms with E-state index in [1.54, 1.807) is 0 Å². The van der Waals surface area contributed by atoms with Crippen LogP contribution in [0.1, 0.15) is 38.4 Å². The maximum absolute atomic E-state index is 13.3. The van der Waals surface area contributed by atoms with Crippen molar-refractivity contribution in [2.75, 3.05) is 66.0 Å². The summed E-state index contributed by atoms with van der Waals surface area (Å²) >= 11 is 0. The summed E-state index contributed by atoms with van der Waals surface area (Å²) in [6.07, 6.45) is 2.35. The molecule has 2 aliphatic rings. The molecule has 1 aromatic carbocycles. The molecule has 2 atom stereocenters. The van der Waals surface area contributed by atoms with Crippen molar-refractivity contribution in [2.45, 2.75) is 38.9 Å². The van der Waals surface area contributed by atoms with Crippen LogP contribution in [-0.2, 0) is 4.74 Å². The van der Waals surface area contributed by atoms with Gasteiger partial charge in [-0.2, -0.15) is 0 Å². The zero-order chi connectivity index (χ0) is 21.3. The molecule has 6 nitrogen and oxygen atoms in total. The van der Waals surface area contributed by atoms with Crippen LogP contribution in [0.5, 0.6) is 0 Å². The Bertz CT molecular complexity index is 666.